The van der Waals surface area contributed by atoms with Crippen molar-refractivity contribution in [2.75, 3.05) is 13.2 Å². The maximum Gasteiger partial charge on any atom is 0.161 e. The molecule has 0 amide bonds. The lowest BCUT2D eigenvalue weighted by atomic mass is 9.97. The van der Waals surface area contributed by atoms with Gasteiger partial charge in [0.15, 0.2) is 11.5 Å². The van der Waals surface area contributed by atoms with E-state index in [0.29, 0.717) is 19.1 Å². The molecule has 0 radical (unpaired) electrons. The monoisotopic (exact) mass is 246 g/mol. The van der Waals surface area contributed by atoms with Gasteiger partial charge in [-0.3, -0.25) is 0 Å². The Morgan fingerprint density at radius 1 is 1.11 bits per heavy atom. The fourth-order valence-corrected chi connectivity index (χ4v) is 1.75. The van der Waals surface area contributed by atoms with Gasteiger partial charge in [0.1, 0.15) is 0 Å². The molecule has 0 bridgehead atoms. The van der Waals surface area contributed by atoms with Crippen LogP contribution in [0.3, 0.4) is 0 Å². The molecule has 1 atom stereocenters. The molecule has 0 saturated carbocycles. The van der Waals surface area contributed by atoms with Gasteiger partial charge in [0, 0.05) is 6.42 Å². The number of benzene rings is 1. The Balaban J connectivity index is 2.93. The highest BCUT2D eigenvalue weighted by Crippen LogP contribution is 2.32. The van der Waals surface area contributed by atoms with Crippen LogP contribution in [-0.2, 0) is 0 Å². The van der Waals surface area contributed by atoms with Crippen LogP contribution in [0.5, 0.6) is 11.5 Å². The van der Waals surface area contributed by atoms with Gasteiger partial charge in [-0.1, -0.05) is 13.0 Å². The summed E-state index contributed by atoms with van der Waals surface area (Å²) in [5.74, 6) is 8.10. The average Bonchev–Trinajstić information content (AvgIpc) is 2.38. The maximum atomic E-state index is 5.62. The van der Waals surface area contributed by atoms with Crippen LogP contribution in [0.4, 0.5) is 0 Å². The molecule has 1 rings (SSSR count). The van der Waals surface area contributed by atoms with Gasteiger partial charge in [-0.05, 0) is 44.4 Å². The Bertz CT molecular complexity index is 426. The van der Waals surface area contributed by atoms with Crippen molar-refractivity contribution in [3.8, 4) is 23.3 Å². The van der Waals surface area contributed by atoms with Gasteiger partial charge in [-0.25, -0.2) is 0 Å². The minimum atomic E-state index is 0.410. The van der Waals surface area contributed by atoms with Gasteiger partial charge < -0.3 is 9.47 Å². The topological polar surface area (TPSA) is 18.5 Å². The molecule has 2 nitrogen and oxygen atoms in total. The minimum absolute atomic E-state index is 0.410. The van der Waals surface area contributed by atoms with Crippen molar-refractivity contribution in [2.24, 2.45) is 0 Å². The molecule has 0 aliphatic carbocycles. The predicted octanol–water partition coefficient (Wildman–Crippen LogP) is 4.00. The van der Waals surface area contributed by atoms with E-state index in [1.807, 2.05) is 26.8 Å². The largest absolute Gasteiger partial charge is 0.490 e. The van der Waals surface area contributed by atoms with E-state index in [1.54, 1.807) is 0 Å². The summed E-state index contributed by atoms with van der Waals surface area (Å²) in [7, 11) is 0. The van der Waals surface area contributed by atoms with Crippen LogP contribution in [-0.4, -0.2) is 13.2 Å². The minimum Gasteiger partial charge on any atom is -0.490 e. The summed E-state index contributed by atoms with van der Waals surface area (Å²) in [5, 5.41) is 0. The first-order valence-corrected chi connectivity index (χ1v) is 6.52. The number of hydrogen-bond acceptors (Lipinski definition) is 2. The van der Waals surface area contributed by atoms with Crippen LogP contribution >= 0.6 is 0 Å². The van der Waals surface area contributed by atoms with Crippen LogP contribution in [0.1, 0.15) is 45.6 Å². The van der Waals surface area contributed by atoms with E-state index in [1.165, 1.54) is 5.56 Å². The average molecular weight is 246 g/mol. The molecule has 0 saturated heterocycles. The Labute approximate surface area is 110 Å². The van der Waals surface area contributed by atoms with Crippen LogP contribution in [0.25, 0.3) is 0 Å². The lowest BCUT2D eigenvalue weighted by Crippen LogP contribution is -2.00. The zero-order valence-electron chi connectivity index (χ0n) is 11.7. The van der Waals surface area contributed by atoms with E-state index in [-0.39, 0.29) is 0 Å². The first-order chi connectivity index (χ1) is 8.72. The SMILES string of the molecule is CC#CCC(C)c1ccc(OCC)c(OCC)c1. The van der Waals surface area contributed by atoms with Gasteiger partial charge in [-0.2, -0.15) is 0 Å². The molecular weight excluding hydrogens is 224 g/mol. The number of hydrogen-bond donors (Lipinski definition) is 0. The first kappa shape index (κ1) is 14.4. The first-order valence-electron chi connectivity index (χ1n) is 6.52. The van der Waals surface area contributed by atoms with Gasteiger partial charge in [-0.15, -0.1) is 11.8 Å². The molecule has 0 fully saturated rings. The Morgan fingerprint density at radius 2 is 1.78 bits per heavy atom. The van der Waals surface area contributed by atoms with Crippen LogP contribution in [0, 0.1) is 11.8 Å². The summed E-state index contributed by atoms with van der Waals surface area (Å²) in [6, 6.07) is 6.14. The molecule has 0 aliphatic heterocycles. The summed E-state index contributed by atoms with van der Waals surface area (Å²) < 4.78 is 11.2. The summed E-state index contributed by atoms with van der Waals surface area (Å²) in [5.41, 5.74) is 1.24. The van der Waals surface area contributed by atoms with Crippen LogP contribution in [0.15, 0.2) is 18.2 Å². The summed E-state index contributed by atoms with van der Waals surface area (Å²) in [6.45, 7) is 9.30. The summed E-state index contributed by atoms with van der Waals surface area (Å²) >= 11 is 0. The molecule has 1 aromatic rings. The molecular formula is C16H22O2. The van der Waals surface area contributed by atoms with Crippen molar-refractivity contribution in [1.29, 1.82) is 0 Å². The second-order valence-corrected chi connectivity index (χ2v) is 4.10. The van der Waals surface area contributed by atoms with E-state index < -0.39 is 0 Å². The van der Waals surface area contributed by atoms with Crippen LogP contribution in [0.2, 0.25) is 0 Å². The van der Waals surface area contributed by atoms with Crippen molar-refractivity contribution in [2.45, 2.75) is 40.0 Å². The fourth-order valence-electron chi connectivity index (χ4n) is 1.75. The lowest BCUT2D eigenvalue weighted by molar-refractivity contribution is 0.287. The number of ether oxygens (including phenoxy) is 2. The predicted molar refractivity (Wildman–Crippen MR) is 75.3 cm³/mol. The van der Waals surface area contributed by atoms with Gasteiger partial charge in [0.2, 0.25) is 0 Å². The van der Waals surface area contributed by atoms with E-state index >= 15 is 0 Å². The smallest absolute Gasteiger partial charge is 0.161 e. The Hall–Kier alpha value is -1.62. The molecule has 1 aromatic carbocycles. The van der Waals surface area contributed by atoms with Crippen molar-refractivity contribution < 1.29 is 9.47 Å². The van der Waals surface area contributed by atoms with Crippen molar-refractivity contribution in [1.82, 2.24) is 0 Å². The van der Waals surface area contributed by atoms with Crippen LogP contribution < -0.4 is 9.47 Å². The zero-order valence-corrected chi connectivity index (χ0v) is 11.7. The lowest BCUT2D eigenvalue weighted by Gasteiger charge is -2.14. The van der Waals surface area contributed by atoms with E-state index in [2.05, 4.69) is 30.9 Å². The highest BCUT2D eigenvalue weighted by atomic mass is 16.5. The van der Waals surface area contributed by atoms with Gasteiger partial charge in [0.25, 0.3) is 0 Å². The van der Waals surface area contributed by atoms with E-state index in [9.17, 15) is 0 Å². The number of rotatable bonds is 6. The molecule has 1 unspecified atom stereocenters. The molecule has 98 valence electrons. The van der Waals surface area contributed by atoms with Crippen molar-refractivity contribution in [3.05, 3.63) is 23.8 Å². The normalized spacial score (nSPS) is 11.3. The molecule has 0 aromatic heterocycles. The molecule has 18 heavy (non-hydrogen) atoms. The fraction of sp³-hybridized carbons (Fsp3) is 0.500. The highest BCUT2D eigenvalue weighted by Gasteiger charge is 2.10. The van der Waals surface area contributed by atoms with Gasteiger partial charge >= 0.3 is 0 Å². The molecule has 2 heteroatoms. The summed E-state index contributed by atoms with van der Waals surface area (Å²) in [4.78, 5) is 0. The molecule has 0 aliphatic rings. The standard InChI is InChI=1S/C16H22O2/c1-5-8-9-13(4)14-10-11-15(17-6-2)16(12-14)18-7-3/h10-13H,6-7,9H2,1-4H3. The zero-order chi connectivity index (χ0) is 13.4. The Kier molecular flexibility index (Phi) is 6.14. The van der Waals surface area contributed by atoms with E-state index in [4.69, 9.17) is 9.47 Å². The van der Waals surface area contributed by atoms with Crippen molar-refractivity contribution >= 4 is 0 Å². The molecule has 0 spiro atoms. The maximum absolute atomic E-state index is 5.62. The molecule has 0 heterocycles. The second-order valence-electron chi connectivity index (χ2n) is 4.10. The van der Waals surface area contributed by atoms with Gasteiger partial charge in [0.05, 0.1) is 13.2 Å². The third-order valence-corrected chi connectivity index (χ3v) is 2.72. The molecule has 0 N–H and O–H groups in total. The second kappa shape index (κ2) is 7.66. The van der Waals surface area contributed by atoms with E-state index in [0.717, 1.165) is 17.9 Å². The highest BCUT2D eigenvalue weighted by molar-refractivity contribution is 5.44. The third-order valence-electron chi connectivity index (χ3n) is 2.72. The van der Waals surface area contributed by atoms with Crippen molar-refractivity contribution in [3.63, 3.8) is 0 Å². The summed E-state index contributed by atoms with van der Waals surface area (Å²) in [6.07, 6.45) is 0.871. The Morgan fingerprint density at radius 3 is 2.39 bits per heavy atom. The third kappa shape index (κ3) is 4.00. The quantitative estimate of drug-likeness (QED) is 0.706.